The van der Waals surface area contributed by atoms with Crippen molar-refractivity contribution in [3.05, 3.63) is 28.2 Å². The second kappa shape index (κ2) is 6.71. The monoisotopic (exact) mass is 332 g/mol. The molecular formula is C14H16N6O2S. The van der Waals surface area contributed by atoms with Crippen molar-refractivity contribution in [2.45, 2.75) is 19.4 Å². The maximum Gasteiger partial charge on any atom is 0.226 e. The van der Waals surface area contributed by atoms with E-state index in [0.717, 1.165) is 20.9 Å². The number of benzene rings is 1. The Morgan fingerprint density at radius 3 is 2.96 bits per heavy atom. The fourth-order valence-electron chi connectivity index (χ4n) is 2.10. The number of nitrogens with two attached hydrogens (primary N) is 1. The minimum absolute atomic E-state index is 0.134. The van der Waals surface area contributed by atoms with Gasteiger partial charge < -0.3 is 15.8 Å². The number of rotatable bonds is 6. The lowest BCUT2D eigenvalue weighted by Gasteiger charge is -2.02. The van der Waals surface area contributed by atoms with Crippen molar-refractivity contribution in [1.82, 2.24) is 20.4 Å². The van der Waals surface area contributed by atoms with Crippen LogP contribution in [0.4, 0.5) is 5.82 Å². The minimum Gasteiger partial charge on any atom is -0.497 e. The highest BCUT2D eigenvalue weighted by atomic mass is 32.1. The molecule has 0 aliphatic carbocycles. The van der Waals surface area contributed by atoms with Crippen LogP contribution in [0, 0.1) is 0 Å². The number of hydrogen-bond acceptors (Lipinski definition) is 7. The molecule has 2 heterocycles. The number of fused-ring (bicyclic) bond motifs is 1. The number of amides is 1. The van der Waals surface area contributed by atoms with Gasteiger partial charge in [0.05, 0.1) is 12.6 Å². The smallest absolute Gasteiger partial charge is 0.226 e. The van der Waals surface area contributed by atoms with E-state index in [9.17, 15) is 4.79 Å². The lowest BCUT2D eigenvalue weighted by atomic mass is 10.2. The number of methoxy groups -OCH3 is 1. The maximum absolute atomic E-state index is 12.1. The first-order valence-electron chi connectivity index (χ1n) is 7.03. The molecule has 1 amide bonds. The Labute approximate surface area is 136 Å². The summed E-state index contributed by atoms with van der Waals surface area (Å²) < 4.78 is 5.19. The standard InChI is InChI=1S/C14H16N6O2S/c1-22-8-2-3-10-9(6-8)14(20-17-10)16-11(21)4-5-12-18-19-13(7-15)23-12/h2-3,6H,4-5,7,15H2,1H3,(H2,16,17,20,21). The second-order valence-electron chi connectivity index (χ2n) is 4.83. The van der Waals surface area contributed by atoms with Crippen LogP contribution < -0.4 is 15.8 Å². The van der Waals surface area contributed by atoms with E-state index in [1.54, 1.807) is 7.11 Å². The summed E-state index contributed by atoms with van der Waals surface area (Å²) >= 11 is 1.42. The predicted molar refractivity (Wildman–Crippen MR) is 87.4 cm³/mol. The number of nitrogens with zero attached hydrogens (tertiary/aromatic N) is 3. The Bertz CT molecular complexity index is 828. The number of H-pyrrole nitrogens is 1. The summed E-state index contributed by atoms with van der Waals surface area (Å²) in [6.45, 7) is 0.366. The number of ether oxygens (including phenoxy) is 1. The first-order chi connectivity index (χ1) is 11.2. The Balaban J connectivity index is 1.65. The molecule has 0 atom stereocenters. The van der Waals surface area contributed by atoms with Crippen LogP contribution in [0.5, 0.6) is 5.75 Å². The zero-order chi connectivity index (χ0) is 16.2. The molecule has 0 aliphatic rings. The zero-order valence-corrected chi connectivity index (χ0v) is 13.3. The molecule has 0 fully saturated rings. The van der Waals surface area contributed by atoms with Gasteiger partial charge in [-0.05, 0) is 18.2 Å². The Kier molecular flexibility index (Phi) is 4.49. The van der Waals surface area contributed by atoms with Gasteiger partial charge >= 0.3 is 0 Å². The van der Waals surface area contributed by atoms with E-state index in [1.165, 1.54) is 11.3 Å². The molecule has 2 aromatic heterocycles. The van der Waals surface area contributed by atoms with Crippen molar-refractivity contribution in [1.29, 1.82) is 0 Å². The van der Waals surface area contributed by atoms with Crippen molar-refractivity contribution in [2.75, 3.05) is 12.4 Å². The summed E-state index contributed by atoms with van der Waals surface area (Å²) in [6, 6.07) is 5.51. The Hall–Kier alpha value is -2.52. The van der Waals surface area contributed by atoms with Gasteiger partial charge in [0, 0.05) is 24.8 Å². The summed E-state index contributed by atoms with van der Waals surface area (Å²) in [5.41, 5.74) is 6.32. The number of nitrogens with one attached hydrogen (secondary N) is 2. The van der Waals surface area contributed by atoms with Crippen molar-refractivity contribution >= 4 is 34.0 Å². The van der Waals surface area contributed by atoms with Crippen molar-refractivity contribution in [2.24, 2.45) is 5.73 Å². The third kappa shape index (κ3) is 3.46. The van der Waals surface area contributed by atoms with E-state index in [4.69, 9.17) is 10.5 Å². The molecule has 0 unspecified atom stereocenters. The molecule has 9 heteroatoms. The van der Waals surface area contributed by atoms with E-state index in [-0.39, 0.29) is 5.91 Å². The van der Waals surface area contributed by atoms with Crippen molar-refractivity contribution in [3.63, 3.8) is 0 Å². The molecule has 4 N–H and O–H groups in total. The molecule has 0 radical (unpaired) electrons. The number of aromatic nitrogens is 4. The van der Waals surface area contributed by atoms with Crippen LogP contribution in [0.3, 0.4) is 0 Å². The van der Waals surface area contributed by atoms with Crippen LogP contribution in [0.1, 0.15) is 16.4 Å². The zero-order valence-electron chi connectivity index (χ0n) is 12.5. The first-order valence-corrected chi connectivity index (χ1v) is 7.84. The van der Waals surface area contributed by atoms with E-state index < -0.39 is 0 Å². The van der Waals surface area contributed by atoms with Gasteiger partial charge in [0.15, 0.2) is 5.82 Å². The van der Waals surface area contributed by atoms with Gasteiger partial charge in [-0.25, -0.2) is 0 Å². The lowest BCUT2D eigenvalue weighted by molar-refractivity contribution is -0.116. The van der Waals surface area contributed by atoms with Crippen LogP contribution in [0.2, 0.25) is 0 Å². The number of carbonyl (C=O) groups is 1. The second-order valence-corrected chi connectivity index (χ2v) is 5.97. The summed E-state index contributed by atoms with van der Waals surface area (Å²) in [5, 5.41) is 20.1. The number of aromatic amines is 1. The fraction of sp³-hybridized carbons (Fsp3) is 0.286. The van der Waals surface area contributed by atoms with Crippen LogP contribution in [0.25, 0.3) is 10.9 Å². The van der Waals surface area contributed by atoms with Gasteiger partial charge in [-0.3, -0.25) is 9.89 Å². The van der Waals surface area contributed by atoms with Gasteiger partial charge in [0.1, 0.15) is 15.8 Å². The molecule has 3 aromatic rings. The number of carbonyl (C=O) groups excluding carboxylic acids is 1. The van der Waals surface area contributed by atoms with Gasteiger partial charge in [-0.1, -0.05) is 0 Å². The summed E-state index contributed by atoms with van der Waals surface area (Å²) in [6.07, 6.45) is 0.826. The molecule has 0 spiro atoms. The molecule has 23 heavy (non-hydrogen) atoms. The number of anilines is 1. The molecule has 3 rings (SSSR count). The summed E-state index contributed by atoms with van der Waals surface area (Å²) in [4.78, 5) is 12.1. The maximum atomic E-state index is 12.1. The van der Waals surface area contributed by atoms with E-state index in [1.807, 2.05) is 18.2 Å². The van der Waals surface area contributed by atoms with E-state index in [2.05, 4.69) is 25.7 Å². The van der Waals surface area contributed by atoms with E-state index in [0.29, 0.717) is 31.0 Å². The molecule has 0 saturated heterocycles. The quantitative estimate of drug-likeness (QED) is 0.628. The molecule has 0 bridgehead atoms. The molecule has 0 saturated carbocycles. The summed E-state index contributed by atoms with van der Waals surface area (Å²) in [7, 11) is 1.59. The van der Waals surface area contributed by atoms with Crippen LogP contribution >= 0.6 is 11.3 Å². The van der Waals surface area contributed by atoms with Crippen molar-refractivity contribution < 1.29 is 9.53 Å². The fourth-order valence-corrected chi connectivity index (χ4v) is 2.83. The number of aryl methyl sites for hydroxylation is 1. The van der Waals surface area contributed by atoms with Crippen LogP contribution in [0.15, 0.2) is 18.2 Å². The highest BCUT2D eigenvalue weighted by molar-refractivity contribution is 7.11. The van der Waals surface area contributed by atoms with Crippen molar-refractivity contribution in [3.8, 4) is 5.75 Å². The third-order valence-electron chi connectivity index (χ3n) is 3.28. The first kappa shape index (κ1) is 15.4. The van der Waals surface area contributed by atoms with Gasteiger partial charge in [0.2, 0.25) is 5.91 Å². The average Bonchev–Trinajstić information content (AvgIpc) is 3.19. The highest BCUT2D eigenvalue weighted by Crippen LogP contribution is 2.25. The Morgan fingerprint density at radius 1 is 1.39 bits per heavy atom. The normalized spacial score (nSPS) is 10.9. The van der Waals surface area contributed by atoms with Gasteiger partial charge in [-0.15, -0.1) is 21.5 Å². The minimum atomic E-state index is -0.134. The van der Waals surface area contributed by atoms with Gasteiger partial charge in [0.25, 0.3) is 0 Å². The highest BCUT2D eigenvalue weighted by Gasteiger charge is 2.11. The van der Waals surface area contributed by atoms with Gasteiger partial charge in [-0.2, -0.15) is 5.10 Å². The lowest BCUT2D eigenvalue weighted by Crippen LogP contribution is -2.12. The van der Waals surface area contributed by atoms with Crippen LogP contribution in [-0.4, -0.2) is 33.4 Å². The Morgan fingerprint density at radius 2 is 2.22 bits per heavy atom. The average molecular weight is 332 g/mol. The summed E-state index contributed by atoms with van der Waals surface area (Å²) in [5.74, 6) is 1.06. The predicted octanol–water partition coefficient (Wildman–Crippen LogP) is 1.45. The third-order valence-corrected chi connectivity index (χ3v) is 4.28. The number of hydrogen-bond donors (Lipinski definition) is 3. The van der Waals surface area contributed by atoms with E-state index >= 15 is 0 Å². The largest absolute Gasteiger partial charge is 0.497 e. The molecular weight excluding hydrogens is 316 g/mol. The molecule has 120 valence electrons. The molecule has 1 aromatic carbocycles. The SMILES string of the molecule is COc1ccc2[nH]nc(NC(=O)CCc3nnc(CN)s3)c2c1. The topological polar surface area (TPSA) is 119 Å². The van der Waals surface area contributed by atoms with Crippen LogP contribution in [-0.2, 0) is 17.8 Å². The molecule has 0 aliphatic heterocycles. The molecule has 8 nitrogen and oxygen atoms in total.